The molecule has 2 N–H and O–H groups in total. The van der Waals surface area contributed by atoms with Gasteiger partial charge in [0.15, 0.2) is 24.0 Å². The van der Waals surface area contributed by atoms with Crippen LogP contribution in [0.4, 0.5) is 22.0 Å². The van der Waals surface area contributed by atoms with E-state index in [1.54, 1.807) is 6.07 Å². The Labute approximate surface area is 138 Å². The maximum Gasteiger partial charge on any atom is 0.352 e. The van der Waals surface area contributed by atoms with Gasteiger partial charge in [-0.3, -0.25) is 4.79 Å². The van der Waals surface area contributed by atoms with Crippen molar-refractivity contribution in [3.8, 4) is 0 Å². The van der Waals surface area contributed by atoms with Crippen LogP contribution in [0.1, 0.15) is 10.4 Å². The molecule has 0 heterocycles. The number of nitrogens with one attached hydrogen (secondary N) is 1. The Morgan fingerprint density at radius 1 is 1.00 bits per heavy atom. The maximum atomic E-state index is 13.7. The first-order chi connectivity index (χ1) is 11.7. The van der Waals surface area contributed by atoms with Gasteiger partial charge in [0.05, 0.1) is 5.57 Å². The number of hydrogen-bond acceptors (Lipinski definition) is 2. The minimum Gasteiger partial charge on any atom is -0.477 e. The van der Waals surface area contributed by atoms with E-state index in [-0.39, 0.29) is 11.6 Å². The first-order valence-corrected chi connectivity index (χ1v) is 6.78. The predicted octanol–water partition coefficient (Wildman–Crippen LogP) is 3.45. The van der Waals surface area contributed by atoms with E-state index in [4.69, 9.17) is 5.11 Å². The van der Waals surface area contributed by atoms with Crippen molar-refractivity contribution in [3.63, 3.8) is 0 Å². The van der Waals surface area contributed by atoms with E-state index < -0.39 is 53.0 Å². The number of rotatable bonds is 4. The van der Waals surface area contributed by atoms with Crippen molar-refractivity contribution in [2.75, 3.05) is 0 Å². The van der Waals surface area contributed by atoms with Crippen LogP contribution in [0.5, 0.6) is 0 Å². The summed E-state index contributed by atoms with van der Waals surface area (Å²) in [5.41, 5.74) is -2.45. The van der Waals surface area contributed by atoms with E-state index in [9.17, 15) is 31.5 Å². The first-order valence-electron chi connectivity index (χ1n) is 6.78. The van der Waals surface area contributed by atoms with Crippen molar-refractivity contribution in [2.24, 2.45) is 0 Å². The van der Waals surface area contributed by atoms with E-state index in [1.807, 2.05) is 5.32 Å². The van der Waals surface area contributed by atoms with Crippen molar-refractivity contribution >= 4 is 11.9 Å². The van der Waals surface area contributed by atoms with Gasteiger partial charge in [-0.05, 0) is 18.2 Å². The van der Waals surface area contributed by atoms with Crippen LogP contribution in [0, 0.1) is 0 Å². The lowest BCUT2D eigenvalue weighted by molar-refractivity contribution is -0.133. The van der Waals surface area contributed by atoms with Gasteiger partial charge in [0.25, 0.3) is 5.91 Å². The summed E-state index contributed by atoms with van der Waals surface area (Å²) in [4.78, 5) is 23.1. The zero-order valence-electron chi connectivity index (χ0n) is 12.3. The molecule has 0 aliphatic heterocycles. The summed E-state index contributed by atoms with van der Waals surface area (Å²) in [5.74, 6) is -9.04. The van der Waals surface area contributed by atoms with Gasteiger partial charge in [-0.1, -0.05) is 18.2 Å². The van der Waals surface area contributed by atoms with Crippen molar-refractivity contribution in [1.29, 1.82) is 0 Å². The van der Waals surface area contributed by atoms with Crippen LogP contribution in [0.15, 0.2) is 65.2 Å². The summed E-state index contributed by atoms with van der Waals surface area (Å²) < 4.78 is 66.9. The molecule has 1 amide bonds. The van der Waals surface area contributed by atoms with Crippen molar-refractivity contribution in [2.45, 2.75) is 12.3 Å². The zero-order valence-corrected chi connectivity index (χ0v) is 12.3. The number of carboxylic acid groups (broad SMARTS) is 1. The summed E-state index contributed by atoms with van der Waals surface area (Å²) in [6.45, 7) is 0. The molecule has 1 aliphatic carbocycles. The highest BCUT2D eigenvalue weighted by Crippen LogP contribution is 2.37. The number of alkyl halides is 2. The average molecular weight is 359 g/mol. The number of carboxylic acids is 1. The van der Waals surface area contributed by atoms with Crippen LogP contribution in [0.2, 0.25) is 0 Å². The number of hydrogen-bond donors (Lipinski definition) is 2. The average Bonchev–Trinajstić information content (AvgIpc) is 2.61. The Morgan fingerprint density at radius 3 is 2.12 bits per heavy atom. The molecule has 4 nitrogen and oxygen atoms in total. The summed E-state index contributed by atoms with van der Waals surface area (Å²) in [5, 5.41) is 10.9. The van der Waals surface area contributed by atoms with E-state index in [0.717, 1.165) is 0 Å². The van der Waals surface area contributed by atoms with Crippen LogP contribution in [0.25, 0.3) is 0 Å². The summed E-state index contributed by atoms with van der Waals surface area (Å²) in [6.07, 6.45) is -6.10. The van der Waals surface area contributed by atoms with Gasteiger partial charge < -0.3 is 10.4 Å². The molecule has 2 rings (SSSR count). The second-order valence-corrected chi connectivity index (χ2v) is 4.91. The number of carbonyl (C=O) groups is 2. The number of benzene rings is 1. The Bertz CT molecular complexity index is 801. The van der Waals surface area contributed by atoms with Crippen molar-refractivity contribution in [1.82, 2.24) is 5.32 Å². The van der Waals surface area contributed by atoms with Gasteiger partial charge in [-0.15, -0.1) is 0 Å². The summed E-state index contributed by atoms with van der Waals surface area (Å²) >= 11 is 0. The number of halogens is 5. The van der Waals surface area contributed by atoms with Crippen LogP contribution >= 0.6 is 0 Å². The highest BCUT2D eigenvalue weighted by Gasteiger charge is 2.39. The fourth-order valence-electron chi connectivity index (χ4n) is 1.97. The molecule has 2 atom stereocenters. The first kappa shape index (κ1) is 18.4. The Kier molecular flexibility index (Phi) is 5.35. The standard InChI is InChI=1S/C16H10F5NO3/c17-10-8(11(18)13(20)14(21)12(10)19)6-9(16(24)25)22-15(23)7-4-2-1-3-5-7/h1-6,12,14H,(H,22,23)(H,24,25)/b9-6-. The fourth-order valence-corrected chi connectivity index (χ4v) is 1.97. The maximum absolute atomic E-state index is 13.7. The van der Waals surface area contributed by atoms with Crippen molar-refractivity contribution in [3.05, 3.63) is 70.7 Å². The molecule has 132 valence electrons. The quantitative estimate of drug-likeness (QED) is 0.639. The highest BCUT2D eigenvalue weighted by molar-refractivity contribution is 6.00. The highest BCUT2D eigenvalue weighted by atomic mass is 19.2. The molecular formula is C16H10F5NO3. The molecule has 0 spiro atoms. The molecule has 25 heavy (non-hydrogen) atoms. The van der Waals surface area contributed by atoms with E-state index in [2.05, 4.69) is 0 Å². The monoisotopic (exact) mass is 359 g/mol. The fraction of sp³-hybridized carbons (Fsp3) is 0.125. The van der Waals surface area contributed by atoms with Gasteiger partial charge in [0.2, 0.25) is 0 Å². The number of aliphatic carboxylic acids is 1. The van der Waals surface area contributed by atoms with Gasteiger partial charge >= 0.3 is 5.97 Å². The van der Waals surface area contributed by atoms with Crippen LogP contribution in [-0.4, -0.2) is 29.3 Å². The largest absolute Gasteiger partial charge is 0.477 e. The second kappa shape index (κ2) is 7.29. The van der Waals surface area contributed by atoms with Gasteiger partial charge in [0.1, 0.15) is 11.5 Å². The molecule has 0 fully saturated rings. The molecule has 9 heteroatoms. The Balaban J connectivity index is 2.40. The minimum absolute atomic E-state index is 0.0298. The normalized spacial score (nSPS) is 21.4. The molecular weight excluding hydrogens is 349 g/mol. The molecule has 0 radical (unpaired) electrons. The van der Waals surface area contributed by atoms with E-state index in [1.165, 1.54) is 24.3 Å². The third-order valence-electron chi connectivity index (χ3n) is 3.25. The lowest BCUT2D eigenvalue weighted by atomic mass is 9.99. The lowest BCUT2D eigenvalue weighted by Crippen LogP contribution is -2.29. The predicted molar refractivity (Wildman–Crippen MR) is 76.8 cm³/mol. The molecule has 2 unspecified atom stereocenters. The van der Waals surface area contributed by atoms with Crippen LogP contribution in [-0.2, 0) is 4.79 Å². The van der Waals surface area contributed by atoms with Crippen LogP contribution in [0.3, 0.4) is 0 Å². The lowest BCUT2D eigenvalue weighted by Gasteiger charge is -2.19. The zero-order chi connectivity index (χ0) is 18.7. The summed E-state index contributed by atoms with van der Waals surface area (Å²) in [7, 11) is 0. The molecule has 0 saturated heterocycles. The van der Waals surface area contributed by atoms with Gasteiger partial charge in [0, 0.05) is 5.56 Å². The van der Waals surface area contributed by atoms with Gasteiger partial charge in [-0.2, -0.15) is 0 Å². The van der Waals surface area contributed by atoms with Gasteiger partial charge in [-0.25, -0.2) is 26.7 Å². The SMILES string of the molecule is O=C(O)/C(=C/C1=C(F)C(F)C(F)C(F)=C1F)NC(=O)c1ccccc1. The number of allylic oxidation sites excluding steroid dienone is 5. The third-order valence-corrected chi connectivity index (χ3v) is 3.25. The Hall–Kier alpha value is -2.97. The topological polar surface area (TPSA) is 66.4 Å². The van der Waals surface area contributed by atoms with E-state index in [0.29, 0.717) is 0 Å². The summed E-state index contributed by atoms with van der Waals surface area (Å²) in [6, 6.07) is 7.22. The smallest absolute Gasteiger partial charge is 0.352 e. The number of carbonyl (C=O) groups excluding carboxylic acids is 1. The molecule has 1 aromatic rings. The molecule has 0 saturated carbocycles. The second-order valence-electron chi connectivity index (χ2n) is 4.91. The molecule has 0 aromatic heterocycles. The third kappa shape index (κ3) is 3.76. The molecule has 1 aliphatic rings. The minimum atomic E-state index is -3.16. The Morgan fingerprint density at radius 2 is 1.56 bits per heavy atom. The van der Waals surface area contributed by atoms with Crippen LogP contribution < -0.4 is 5.32 Å². The van der Waals surface area contributed by atoms with E-state index >= 15 is 0 Å². The van der Waals surface area contributed by atoms with Crippen molar-refractivity contribution < 1.29 is 36.6 Å². The molecule has 0 bridgehead atoms. The molecule has 1 aromatic carbocycles. The number of amides is 1.